The second kappa shape index (κ2) is 6.78. The predicted octanol–water partition coefficient (Wildman–Crippen LogP) is 4.10. The summed E-state index contributed by atoms with van der Waals surface area (Å²) in [7, 11) is 1.53. The van der Waals surface area contributed by atoms with E-state index in [0.29, 0.717) is 26.9 Å². The summed E-state index contributed by atoms with van der Waals surface area (Å²) in [6.07, 6.45) is 0. The summed E-state index contributed by atoms with van der Waals surface area (Å²) in [6, 6.07) is 9.46. The summed E-state index contributed by atoms with van der Waals surface area (Å²) in [4.78, 5) is 11.7. The maximum Gasteiger partial charge on any atom is 0.252 e. The highest BCUT2D eigenvalue weighted by molar-refractivity contribution is 6.34. The first-order chi connectivity index (χ1) is 10.0. The minimum absolute atomic E-state index is 0.276. The summed E-state index contributed by atoms with van der Waals surface area (Å²) in [6.45, 7) is 0.276. The van der Waals surface area contributed by atoms with Crippen molar-refractivity contribution < 1.29 is 9.18 Å². The van der Waals surface area contributed by atoms with Gasteiger partial charge in [-0.05, 0) is 30.3 Å². The van der Waals surface area contributed by atoms with Gasteiger partial charge >= 0.3 is 0 Å². The maximum atomic E-state index is 13.7. The molecule has 0 fully saturated rings. The van der Waals surface area contributed by atoms with E-state index in [2.05, 4.69) is 10.6 Å². The van der Waals surface area contributed by atoms with Crippen molar-refractivity contribution in [3.8, 4) is 0 Å². The van der Waals surface area contributed by atoms with E-state index in [1.165, 1.54) is 13.1 Å². The van der Waals surface area contributed by atoms with E-state index in [1.807, 2.05) is 0 Å². The first-order valence-corrected chi connectivity index (χ1v) is 6.96. The summed E-state index contributed by atoms with van der Waals surface area (Å²) in [5.74, 6) is -0.656. The zero-order valence-corrected chi connectivity index (χ0v) is 12.7. The van der Waals surface area contributed by atoms with E-state index in [0.717, 1.165) is 0 Å². The summed E-state index contributed by atoms with van der Waals surface area (Å²) >= 11 is 11.7. The van der Waals surface area contributed by atoms with Crippen LogP contribution in [0, 0.1) is 5.82 Å². The van der Waals surface area contributed by atoms with Gasteiger partial charge in [-0.25, -0.2) is 4.39 Å². The normalized spacial score (nSPS) is 10.3. The van der Waals surface area contributed by atoms with Crippen LogP contribution in [0.3, 0.4) is 0 Å². The quantitative estimate of drug-likeness (QED) is 0.887. The highest BCUT2D eigenvalue weighted by Crippen LogP contribution is 2.22. The molecule has 0 saturated heterocycles. The molecule has 0 heterocycles. The Bertz CT molecular complexity index is 677. The van der Waals surface area contributed by atoms with Crippen molar-refractivity contribution in [1.82, 2.24) is 5.32 Å². The fourth-order valence-electron chi connectivity index (χ4n) is 1.81. The Labute approximate surface area is 132 Å². The molecule has 2 aromatic rings. The lowest BCUT2D eigenvalue weighted by molar-refractivity contribution is 0.0963. The lowest BCUT2D eigenvalue weighted by atomic mass is 10.1. The molecule has 2 N–H and O–H groups in total. The second-order valence-electron chi connectivity index (χ2n) is 4.36. The van der Waals surface area contributed by atoms with Crippen molar-refractivity contribution in [3.05, 3.63) is 63.4 Å². The van der Waals surface area contributed by atoms with Gasteiger partial charge in [0, 0.05) is 29.9 Å². The molecule has 2 aromatic carbocycles. The molecule has 3 nitrogen and oxygen atoms in total. The van der Waals surface area contributed by atoms with E-state index in [9.17, 15) is 9.18 Å². The van der Waals surface area contributed by atoms with Gasteiger partial charge in [-0.15, -0.1) is 0 Å². The van der Waals surface area contributed by atoms with Crippen LogP contribution in [0.15, 0.2) is 36.4 Å². The van der Waals surface area contributed by atoms with Crippen LogP contribution in [0.25, 0.3) is 0 Å². The number of halogens is 3. The van der Waals surface area contributed by atoms with Gasteiger partial charge < -0.3 is 10.6 Å². The molecule has 2 rings (SSSR count). The molecule has 0 radical (unpaired) electrons. The van der Waals surface area contributed by atoms with Crippen molar-refractivity contribution in [3.63, 3.8) is 0 Å². The Morgan fingerprint density at radius 3 is 2.62 bits per heavy atom. The molecule has 0 unspecified atom stereocenters. The molecule has 0 spiro atoms. The first-order valence-electron chi connectivity index (χ1n) is 6.20. The number of benzene rings is 2. The van der Waals surface area contributed by atoms with E-state index in [-0.39, 0.29) is 18.3 Å². The zero-order chi connectivity index (χ0) is 15.4. The molecule has 110 valence electrons. The third-order valence-electron chi connectivity index (χ3n) is 2.94. The number of amides is 1. The van der Waals surface area contributed by atoms with Gasteiger partial charge in [0.15, 0.2) is 0 Å². The fraction of sp³-hybridized carbons (Fsp3) is 0.133. The monoisotopic (exact) mass is 326 g/mol. The average Bonchev–Trinajstić information content (AvgIpc) is 2.47. The highest BCUT2D eigenvalue weighted by atomic mass is 35.5. The molecule has 0 atom stereocenters. The summed E-state index contributed by atoms with van der Waals surface area (Å²) < 4.78 is 13.7. The largest absolute Gasteiger partial charge is 0.381 e. The van der Waals surface area contributed by atoms with Crippen molar-refractivity contribution in [2.24, 2.45) is 0 Å². The number of hydrogen-bond acceptors (Lipinski definition) is 2. The van der Waals surface area contributed by atoms with Crippen molar-refractivity contribution in [2.75, 3.05) is 12.4 Å². The number of rotatable bonds is 4. The van der Waals surface area contributed by atoms with E-state index in [1.54, 1.807) is 30.3 Å². The van der Waals surface area contributed by atoms with Crippen LogP contribution in [0.5, 0.6) is 0 Å². The SMILES string of the molecule is CNC(=O)c1cc(NCc2ccc(Cl)cc2F)ccc1Cl. The summed E-state index contributed by atoms with van der Waals surface area (Å²) in [5.41, 5.74) is 1.52. The topological polar surface area (TPSA) is 41.1 Å². The molecule has 0 aliphatic carbocycles. The van der Waals surface area contributed by atoms with Gasteiger partial charge in [-0.2, -0.15) is 0 Å². The zero-order valence-electron chi connectivity index (χ0n) is 11.2. The van der Waals surface area contributed by atoms with E-state index < -0.39 is 0 Å². The maximum absolute atomic E-state index is 13.7. The Kier molecular flexibility index (Phi) is 5.04. The molecule has 6 heteroatoms. The van der Waals surface area contributed by atoms with E-state index >= 15 is 0 Å². The van der Waals surface area contributed by atoms with Crippen LogP contribution in [0.4, 0.5) is 10.1 Å². The number of nitrogens with one attached hydrogen (secondary N) is 2. The number of carbonyl (C=O) groups excluding carboxylic acids is 1. The lowest BCUT2D eigenvalue weighted by Crippen LogP contribution is -2.18. The molecule has 0 aliphatic rings. The van der Waals surface area contributed by atoms with Crippen LogP contribution in [-0.2, 0) is 6.54 Å². The van der Waals surface area contributed by atoms with Gasteiger partial charge in [-0.3, -0.25) is 4.79 Å². The van der Waals surface area contributed by atoms with Crippen LogP contribution >= 0.6 is 23.2 Å². The van der Waals surface area contributed by atoms with Crippen molar-refractivity contribution >= 4 is 34.8 Å². The molecule has 0 bridgehead atoms. The smallest absolute Gasteiger partial charge is 0.252 e. The number of hydrogen-bond donors (Lipinski definition) is 2. The molecule has 0 aliphatic heterocycles. The molecular weight excluding hydrogens is 314 g/mol. The third-order valence-corrected chi connectivity index (χ3v) is 3.50. The third kappa shape index (κ3) is 3.86. The second-order valence-corrected chi connectivity index (χ2v) is 5.21. The van der Waals surface area contributed by atoms with Gasteiger partial charge in [0.1, 0.15) is 5.82 Å². The number of anilines is 1. The average molecular weight is 327 g/mol. The molecule has 1 amide bonds. The minimum Gasteiger partial charge on any atom is -0.381 e. The molecule has 0 saturated carbocycles. The highest BCUT2D eigenvalue weighted by Gasteiger charge is 2.10. The van der Waals surface area contributed by atoms with Crippen LogP contribution in [0.1, 0.15) is 15.9 Å². The Hall–Kier alpha value is -1.78. The predicted molar refractivity (Wildman–Crippen MR) is 83.6 cm³/mol. The van der Waals surface area contributed by atoms with Crippen LogP contribution < -0.4 is 10.6 Å². The Morgan fingerprint density at radius 1 is 1.19 bits per heavy atom. The number of carbonyl (C=O) groups is 1. The van der Waals surface area contributed by atoms with Gasteiger partial charge in [0.05, 0.1) is 10.6 Å². The fourth-order valence-corrected chi connectivity index (χ4v) is 2.17. The Balaban J connectivity index is 2.15. The molecule has 21 heavy (non-hydrogen) atoms. The molecule has 0 aromatic heterocycles. The summed E-state index contributed by atoms with van der Waals surface area (Å²) in [5, 5.41) is 6.27. The van der Waals surface area contributed by atoms with Crippen molar-refractivity contribution in [1.29, 1.82) is 0 Å². The van der Waals surface area contributed by atoms with E-state index in [4.69, 9.17) is 23.2 Å². The van der Waals surface area contributed by atoms with Gasteiger partial charge in [-0.1, -0.05) is 29.3 Å². The standard InChI is InChI=1S/C15H13Cl2FN2O/c1-19-15(21)12-7-11(4-5-13(12)17)20-8-9-2-3-10(16)6-14(9)18/h2-7,20H,8H2,1H3,(H,19,21). The van der Waals surface area contributed by atoms with Crippen molar-refractivity contribution in [2.45, 2.75) is 6.54 Å². The Morgan fingerprint density at radius 2 is 1.95 bits per heavy atom. The van der Waals surface area contributed by atoms with Gasteiger partial charge in [0.2, 0.25) is 0 Å². The van der Waals surface area contributed by atoms with Crippen LogP contribution in [-0.4, -0.2) is 13.0 Å². The van der Waals surface area contributed by atoms with Crippen LogP contribution in [0.2, 0.25) is 10.0 Å². The molecular formula is C15H13Cl2FN2O. The van der Waals surface area contributed by atoms with Gasteiger partial charge in [0.25, 0.3) is 5.91 Å². The lowest BCUT2D eigenvalue weighted by Gasteiger charge is -2.10. The first kappa shape index (κ1) is 15.6. The minimum atomic E-state index is -0.379.